The van der Waals surface area contributed by atoms with Crippen LogP contribution in [0.25, 0.3) is 0 Å². The molecule has 0 atom stereocenters. The standard InChI is InChI=1S/C16H22N2O2/c1-4-17(11-12(2)3)9-10-18-15(19)13-7-5-6-8-14(13)16(18)20/h5-8,12H,4,9-11H2,1-3H3. The van der Waals surface area contributed by atoms with E-state index < -0.39 is 0 Å². The zero-order valence-corrected chi connectivity index (χ0v) is 12.4. The third-order valence-corrected chi connectivity index (χ3v) is 3.59. The van der Waals surface area contributed by atoms with Gasteiger partial charge in [0.05, 0.1) is 11.1 Å². The fourth-order valence-electron chi connectivity index (χ4n) is 2.58. The molecule has 0 N–H and O–H groups in total. The Labute approximate surface area is 120 Å². The summed E-state index contributed by atoms with van der Waals surface area (Å²) in [5.74, 6) is 0.259. The molecule has 20 heavy (non-hydrogen) atoms. The molecular weight excluding hydrogens is 252 g/mol. The van der Waals surface area contributed by atoms with Gasteiger partial charge >= 0.3 is 0 Å². The lowest BCUT2D eigenvalue weighted by atomic mass is 10.1. The van der Waals surface area contributed by atoms with Crippen LogP contribution in [0.3, 0.4) is 0 Å². The van der Waals surface area contributed by atoms with Crippen molar-refractivity contribution in [2.75, 3.05) is 26.2 Å². The van der Waals surface area contributed by atoms with Crippen molar-refractivity contribution in [2.24, 2.45) is 5.92 Å². The largest absolute Gasteiger partial charge is 0.302 e. The third-order valence-electron chi connectivity index (χ3n) is 3.59. The van der Waals surface area contributed by atoms with Gasteiger partial charge in [-0.25, -0.2) is 0 Å². The minimum atomic E-state index is -0.161. The summed E-state index contributed by atoms with van der Waals surface area (Å²) < 4.78 is 0. The van der Waals surface area contributed by atoms with Crippen LogP contribution < -0.4 is 0 Å². The van der Waals surface area contributed by atoms with Gasteiger partial charge in [0.1, 0.15) is 0 Å². The van der Waals surface area contributed by atoms with Gasteiger partial charge in [-0.3, -0.25) is 14.5 Å². The van der Waals surface area contributed by atoms with Crippen molar-refractivity contribution in [1.29, 1.82) is 0 Å². The second kappa shape index (κ2) is 6.18. The van der Waals surface area contributed by atoms with E-state index in [1.54, 1.807) is 24.3 Å². The maximum absolute atomic E-state index is 12.2. The number of amides is 2. The highest BCUT2D eigenvalue weighted by Gasteiger charge is 2.34. The maximum Gasteiger partial charge on any atom is 0.261 e. The molecule has 0 fully saturated rings. The average Bonchev–Trinajstić information content (AvgIpc) is 2.67. The molecule has 0 unspecified atom stereocenters. The molecule has 108 valence electrons. The fourth-order valence-corrected chi connectivity index (χ4v) is 2.58. The lowest BCUT2D eigenvalue weighted by Gasteiger charge is -2.24. The number of rotatable bonds is 6. The first kappa shape index (κ1) is 14.7. The van der Waals surface area contributed by atoms with Crippen molar-refractivity contribution in [1.82, 2.24) is 9.80 Å². The van der Waals surface area contributed by atoms with Crippen LogP contribution >= 0.6 is 0 Å². The summed E-state index contributed by atoms with van der Waals surface area (Å²) in [7, 11) is 0. The Balaban J connectivity index is 2.02. The number of benzene rings is 1. The van der Waals surface area contributed by atoms with Crippen LogP contribution in [0.1, 0.15) is 41.5 Å². The van der Waals surface area contributed by atoms with Gasteiger partial charge in [0, 0.05) is 19.6 Å². The van der Waals surface area contributed by atoms with Crippen LogP contribution in [0.2, 0.25) is 0 Å². The van der Waals surface area contributed by atoms with Gasteiger partial charge in [-0.1, -0.05) is 32.9 Å². The van der Waals surface area contributed by atoms with Crippen molar-refractivity contribution >= 4 is 11.8 Å². The van der Waals surface area contributed by atoms with Gasteiger partial charge in [-0.2, -0.15) is 0 Å². The molecule has 0 spiro atoms. The lowest BCUT2D eigenvalue weighted by molar-refractivity contribution is 0.0635. The first-order chi connectivity index (χ1) is 9.54. The van der Waals surface area contributed by atoms with E-state index in [1.807, 2.05) is 0 Å². The number of likely N-dealkylation sites (N-methyl/N-ethyl adjacent to an activating group) is 1. The van der Waals surface area contributed by atoms with Crippen molar-refractivity contribution in [2.45, 2.75) is 20.8 Å². The highest BCUT2D eigenvalue weighted by Crippen LogP contribution is 2.22. The maximum atomic E-state index is 12.2. The molecule has 1 heterocycles. The monoisotopic (exact) mass is 274 g/mol. The summed E-state index contributed by atoms with van der Waals surface area (Å²) in [5.41, 5.74) is 1.06. The van der Waals surface area contributed by atoms with E-state index in [0.717, 1.165) is 19.6 Å². The molecule has 0 bridgehead atoms. The Hall–Kier alpha value is -1.68. The van der Waals surface area contributed by atoms with Crippen molar-refractivity contribution < 1.29 is 9.59 Å². The smallest absolute Gasteiger partial charge is 0.261 e. The second-order valence-corrected chi connectivity index (χ2v) is 5.59. The van der Waals surface area contributed by atoms with Gasteiger partial charge in [-0.15, -0.1) is 0 Å². The van der Waals surface area contributed by atoms with E-state index in [4.69, 9.17) is 0 Å². The quantitative estimate of drug-likeness (QED) is 0.747. The second-order valence-electron chi connectivity index (χ2n) is 5.59. The summed E-state index contributed by atoms with van der Waals surface area (Å²) in [4.78, 5) is 28.1. The van der Waals surface area contributed by atoms with E-state index in [-0.39, 0.29) is 11.8 Å². The molecule has 1 aromatic carbocycles. The lowest BCUT2D eigenvalue weighted by Crippen LogP contribution is -2.39. The van der Waals surface area contributed by atoms with Crippen LogP contribution in [0.4, 0.5) is 0 Å². The van der Waals surface area contributed by atoms with Gasteiger partial charge in [0.2, 0.25) is 0 Å². The summed E-state index contributed by atoms with van der Waals surface area (Å²) in [6.45, 7) is 9.56. The van der Waals surface area contributed by atoms with Crippen LogP contribution in [-0.4, -0.2) is 47.8 Å². The van der Waals surface area contributed by atoms with E-state index in [0.29, 0.717) is 23.6 Å². The first-order valence-corrected chi connectivity index (χ1v) is 7.22. The van der Waals surface area contributed by atoms with E-state index >= 15 is 0 Å². The Morgan fingerprint density at radius 1 is 1.10 bits per heavy atom. The van der Waals surface area contributed by atoms with E-state index in [1.165, 1.54) is 4.90 Å². The van der Waals surface area contributed by atoms with Crippen molar-refractivity contribution in [3.63, 3.8) is 0 Å². The zero-order valence-electron chi connectivity index (χ0n) is 12.4. The summed E-state index contributed by atoms with van der Waals surface area (Å²) in [6.07, 6.45) is 0. The summed E-state index contributed by atoms with van der Waals surface area (Å²) in [5, 5.41) is 0. The van der Waals surface area contributed by atoms with Crippen LogP contribution in [0, 0.1) is 5.92 Å². The summed E-state index contributed by atoms with van der Waals surface area (Å²) in [6, 6.07) is 7.04. The van der Waals surface area contributed by atoms with Crippen LogP contribution in [0.5, 0.6) is 0 Å². The third kappa shape index (κ3) is 2.90. The molecule has 1 aliphatic heterocycles. The Morgan fingerprint density at radius 3 is 2.10 bits per heavy atom. The van der Waals surface area contributed by atoms with Gasteiger partial charge in [0.15, 0.2) is 0 Å². The van der Waals surface area contributed by atoms with Gasteiger partial charge in [0.25, 0.3) is 11.8 Å². The predicted octanol–water partition coefficient (Wildman–Crippen LogP) is 2.26. The normalized spacial score (nSPS) is 14.6. The molecule has 0 saturated carbocycles. The molecule has 4 heteroatoms. The predicted molar refractivity (Wildman–Crippen MR) is 78.8 cm³/mol. The Bertz CT molecular complexity index is 476. The van der Waals surface area contributed by atoms with E-state index in [9.17, 15) is 9.59 Å². The zero-order chi connectivity index (χ0) is 14.7. The molecule has 1 aromatic rings. The molecule has 4 nitrogen and oxygen atoms in total. The van der Waals surface area contributed by atoms with Crippen molar-refractivity contribution in [3.05, 3.63) is 35.4 Å². The summed E-state index contributed by atoms with van der Waals surface area (Å²) >= 11 is 0. The number of carbonyl (C=O) groups is 2. The highest BCUT2D eigenvalue weighted by molar-refractivity contribution is 6.21. The van der Waals surface area contributed by atoms with E-state index in [2.05, 4.69) is 25.7 Å². The van der Waals surface area contributed by atoms with Crippen molar-refractivity contribution in [3.8, 4) is 0 Å². The molecule has 0 aliphatic carbocycles. The minimum absolute atomic E-state index is 0.161. The first-order valence-electron chi connectivity index (χ1n) is 7.22. The highest BCUT2D eigenvalue weighted by atomic mass is 16.2. The Kier molecular flexibility index (Phi) is 4.55. The molecule has 2 rings (SSSR count). The molecule has 0 saturated heterocycles. The fraction of sp³-hybridized carbons (Fsp3) is 0.500. The van der Waals surface area contributed by atoms with Crippen LogP contribution in [-0.2, 0) is 0 Å². The number of fused-ring (bicyclic) bond motifs is 1. The number of hydrogen-bond donors (Lipinski definition) is 0. The number of imide groups is 1. The topological polar surface area (TPSA) is 40.6 Å². The number of hydrogen-bond acceptors (Lipinski definition) is 3. The van der Waals surface area contributed by atoms with Crippen LogP contribution in [0.15, 0.2) is 24.3 Å². The SMILES string of the molecule is CCN(CCN1C(=O)c2ccccc2C1=O)CC(C)C. The number of nitrogens with zero attached hydrogens (tertiary/aromatic N) is 2. The molecule has 2 amide bonds. The van der Waals surface area contributed by atoms with Gasteiger partial charge < -0.3 is 4.90 Å². The number of carbonyl (C=O) groups excluding carboxylic acids is 2. The molecule has 0 aromatic heterocycles. The minimum Gasteiger partial charge on any atom is -0.302 e. The van der Waals surface area contributed by atoms with Gasteiger partial charge in [-0.05, 0) is 24.6 Å². The molecule has 0 radical (unpaired) electrons. The Morgan fingerprint density at radius 2 is 1.65 bits per heavy atom. The molecule has 1 aliphatic rings. The molecular formula is C16H22N2O2. The average molecular weight is 274 g/mol.